The summed E-state index contributed by atoms with van der Waals surface area (Å²) in [4.78, 5) is 12.6. The first kappa shape index (κ1) is 18.7. The van der Waals surface area contributed by atoms with Crippen LogP contribution in [-0.4, -0.2) is 20.4 Å². The van der Waals surface area contributed by atoms with Crippen LogP contribution in [0.1, 0.15) is 53.8 Å². The van der Waals surface area contributed by atoms with Gasteiger partial charge in [0.1, 0.15) is 5.76 Å². The fraction of sp³-hybridized carbons (Fsp3) is 0.421. The number of nitrogens with one attached hydrogen (secondary N) is 2. The van der Waals surface area contributed by atoms with E-state index in [1.807, 2.05) is 0 Å². The van der Waals surface area contributed by atoms with Gasteiger partial charge >= 0.3 is 0 Å². The molecule has 1 saturated carbocycles. The van der Waals surface area contributed by atoms with Crippen molar-refractivity contribution in [3.63, 3.8) is 0 Å². The maximum Gasteiger partial charge on any atom is 0.251 e. The van der Waals surface area contributed by atoms with Gasteiger partial charge in [0.2, 0.25) is 10.0 Å². The number of sulfonamides is 1. The Morgan fingerprint density at radius 1 is 1.19 bits per heavy atom. The third kappa shape index (κ3) is 4.53. The molecule has 0 atom stereocenters. The van der Waals surface area contributed by atoms with Gasteiger partial charge in [-0.15, -0.1) is 0 Å². The Bertz CT molecular complexity index is 854. The van der Waals surface area contributed by atoms with Gasteiger partial charge in [0.15, 0.2) is 0 Å². The lowest BCUT2D eigenvalue weighted by Crippen LogP contribution is -2.36. The molecule has 1 aromatic heterocycles. The molecule has 0 aliphatic heterocycles. The summed E-state index contributed by atoms with van der Waals surface area (Å²) < 4.78 is 33.3. The summed E-state index contributed by atoms with van der Waals surface area (Å²) in [6, 6.07) is 8.14. The zero-order chi connectivity index (χ0) is 18.6. The lowest BCUT2D eigenvalue weighted by molar-refractivity contribution is 0.0947. The first-order valence-electron chi connectivity index (χ1n) is 8.89. The van der Waals surface area contributed by atoms with E-state index in [0.29, 0.717) is 11.3 Å². The summed E-state index contributed by atoms with van der Waals surface area (Å²) in [6.07, 6.45) is 6.51. The molecule has 26 heavy (non-hydrogen) atoms. The fourth-order valence-electron chi connectivity index (χ4n) is 3.20. The molecule has 1 aromatic carbocycles. The number of hydrogen-bond donors (Lipinski definition) is 2. The molecule has 1 aliphatic rings. The molecule has 6 nitrogen and oxygen atoms in total. The lowest BCUT2D eigenvalue weighted by atomic mass is 9.96. The van der Waals surface area contributed by atoms with E-state index in [4.69, 9.17) is 4.42 Å². The fourth-order valence-corrected chi connectivity index (χ4v) is 4.53. The second-order valence-corrected chi connectivity index (χ2v) is 8.41. The second-order valence-electron chi connectivity index (χ2n) is 6.69. The Morgan fingerprint density at radius 3 is 2.65 bits per heavy atom. The Labute approximate surface area is 154 Å². The van der Waals surface area contributed by atoms with E-state index in [9.17, 15) is 13.2 Å². The van der Waals surface area contributed by atoms with Crippen LogP contribution in [0, 0.1) is 6.92 Å². The first-order valence-corrected chi connectivity index (χ1v) is 10.4. The predicted octanol–water partition coefficient (Wildman–Crippen LogP) is 3.13. The van der Waals surface area contributed by atoms with Crippen molar-refractivity contribution in [1.82, 2.24) is 10.0 Å². The van der Waals surface area contributed by atoms with Crippen molar-refractivity contribution in [2.45, 2.75) is 56.5 Å². The van der Waals surface area contributed by atoms with Crippen LogP contribution in [-0.2, 0) is 16.6 Å². The SMILES string of the molecule is Cc1ccc(S(=O)(=O)NC2CCCCC2)cc1C(=O)NCc1ccco1. The molecule has 0 saturated heterocycles. The maximum atomic E-state index is 12.7. The molecule has 3 rings (SSSR count). The summed E-state index contributed by atoms with van der Waals surface area (Å²) in [5.74, 6) is 0.312. The van der Waals surface area contributed by atoms with Gasteiger partial charge in [-0.25, -0.2) is 13.1 Å². The number of aryl methyl sites for hydroxylation is 1. The molecule has 2 N–H and O–H groups in total. The van der Waals surface area contributed by atoms with Gasteiger partial charge in [0.05, 0.1) is 17.7 Å². The Morgan fingerprint density at radius 2 is 1.96 bits per heavy atom. The number of benzene rings is 1. The third-order valence-electron chi connectivity index (χ3n) is 4.69. The van der Waals surface area contributed by atoms with Gasteiger partial charge in [-0.2, -0.15) is 0 Å². The maximum absolute atomic E-state index is 12.7. The molecule has 1 heterocycles. The van der Waals surface area contributed by atoms with Crippen molar-refractivity contribution in [3.05, 3.63) is 53.5 Å². The third-order valence-corrected chi connectivity index (χ3v) is 6.21. The van der Waals surface area contributed by atoms with Crippen molar-refractivity contribution in [2.75, 3.05) is 0 Å². The summed E-state index contributed by atoms with van der Waals surface area (Å²) in [5, 5.41) is 2.75. The van der Waals surface area contributed by atoms with E-state index in [-0.39, 0.29) is 23.4 Å². The summed E-state index contributed by atoms with van der Waals surface area (Å²) >= 11 is 0. The smallest absolute Gasteiger partial charge is 0.251 e. The van der Waals surface area contributed by atoms with Crippen LogP contribution in [0.15, 0.2) is 45.9 Å². The number of rotatable bonds is 6. The van der Waals surface area contributed by atoms with Crippen LogP contribution < -0.4 is 10.0 Å². The van der Waals surface area contributed by atoms with Gasteiger partial charge < -0.3 is 9.73 Å². The summed E-state index contributed by atoms with van der Waals surface area (Å²) in [6.45, 7) is 2.04. The van der Waals surface area contributed by atoms with Crippen molar-refractivity contribution in [2.24, 2.45) is 0 Å². The normalized spacial score (nSPS) is 15.7. The van der Waals surface area contributed by atoms with Gasteiger partial charge in [0.25, 0.3) is 5.91 Å². The van der Waals surface area contributed by atoms with E-state index in [1.165, 1.54) is 12.3 Å². The van der Waals surface area contributed by atoms with Gasteiger partial charge in [0, 0.05) is 11.6 Å². The minimum absolute atomic E-state index is 0.0220. The van der Waals surface area contributed by atoms with E-state index >= 15 is 0 Å². The zero-order valence-corrected chi connectivity index (χ0v) is 15.6. The number of amides is 1. The molecular weight excluding hydrogens is 352 g/mol. The molecule has 2 aromatic rings. The second kappa shape index (κ2) is 8.05. The number of furan rings is 1. The van der Waals surface area contributed by atoms with Gasteiger partial charge in [-0.3, -0.25) is 4.79 Å². The monoisotopic (exact) mass is 376 g/mol. The van der Waals surface area contributed by atoms with E-state index in [2.05, 4.69) is 10.0 Å². The molecule has 140 valence electrons. The Kier molecular flexibility index (Phi) is 5.78. The average molecular weight is 376 g/mol. The van der Waals surface area contributed by atoms with E-state index < -0.39 is 10.0 Å². The Balaban J connectivity index is 1.74. The number of carbonyl (C=O) groups excluding carboxylic acids is 1. The lowest BCUT2D eigenvalue weighted by Gasteiger charge is -2.22. The predicted molar refractivity (Wildman–Crippen MR) is 98.3 cm³/mol. The van der Waals surface area contributed by atoms with Crippen molar-refractivity contribution >= 4 is 15.9 Å². The van der Waals surface area contributed by atoms with Crippen molar-refractivity contribution < 1.29 is 17.6 Å². The van der Waals surface area contributed by atoms with Gasteiger partial charge in [-0.05, 0) is 49.6 Å². The van der Waals surface area contributed by atoms with Crippen LogP contribution in [0.4, 0.5) is 0 Å². The minimum atomic E-state index is -3.64. The van der Waals surface area contributed by atoms with Crippen molar-refractivity contribution in [3.8, 4) is 0 Å². The van der Waals surface area contributed by atoms with Crippen molar-refractivity contribution in [1.29, 1.82) is 0 Å². The molecule has 1 fully saturated rings. The van der Waals surface area contributed by atoms with Crippen LogP contribution in [0.2, 0.25) is 0 Å². The molecule has 0 unspecified atom stereocenters. The molecule has 0 bridgehead atoms. The number of carbonyl (C=O) groups is 1. The molecule has 7 heteroatoms. The van der Waals surface area contributed by atoms with Gasteiger partial charge in [-0.1, -0.05) is 25.3 Å². The van der Waals surface area contributed by atoms with E-state index in [0.717, 1.165) is 37.7 Å². The Hall–Kier alpha value is -2.12. The van der Waals surface area contributed by atoms with Crippen LogP contribution in [0.5, 0.6) is 0 Å². The minimum Gasteiger partial charge on any atom is -0.467 e. The van der Waals surface area contributed by atoms with Crippen LogP contribution in [0.3, 0.4) is 0 Å². The quantitative estimate of drug-likeness (QED) is 0.811. The number of hydrogen-bond acceptors (Lipinski definition) is 4. The standard InChI is InChI=1S/C19H24N2O4S/c1-14-9-10-17(26(23,24)21-15-6-3-2-4-7-15)12-18(14)19(22)20-13-16-8-5-11-25-16/h5,8-12,15,21H,2-4,6-7,13H2,1H3,(H,20,22). The highest BCUT2D eigenvalue weighted by molar-refractivity contribution is 7.89. The topological polar surface area (TPSA) is 88.4 Å². The van der Waals surface area contributed by atoms with Crippen LogP contribution >= 0.6 is 0 Å². The summed E-state index contributed by atoms with van der Waals surface area (Å²) in [7, 11) is -3.64. The average Bonchev–Trinajstić information content (AvgIpc) is 3.14. The highest BCUT2D eigenvalue weighted by Crippen LogP contribution is 2.21. The highest BCUT2D eigenvalue weighted by Gasteiger charge is 2.23. The van der Waals surface area contributed by atoms with E-state index in [1.54, 1.807) is 31.2 Å². The zero-order valence-electron chi connectivity index (χ0n) is 14.8. The first-order chi connectivity index (χ1) is 12.5. The molecule has 0 spiro atoms. The van der Waals surface area contributed by atoms with Crippen LogP contribution in [0.25, 0.3) is 0 Å². The molecule has 1 amide bonds. The molecule has 1 aliphatic carbocycles. The highest BCUT2D eigenvalue weighted by atomic mass is 32.2. The summed E-state index contributed by atoms with van der Waals surface area (Å²) in [5.41, 5.74) is 1.07. The molecular formula is C19H24N2O4S. The molecule has 0 radical (unpaired) electrons. The largest absolute Gasteiger partial charge is 0.467 e.